The Kier molecular flexibility index (Phi) is 8.77. The SMILES string of the molecule is Cc1cc(Cl)ccc1OCCCC(=O)OCC(=O)NNC(=O)c1cccc([N+](=O)[O-])c1. The lowest BCUT2D eigenvalue weighted by Gasteiger charge is -2.10. The monoisotopic (exact) mass is 449 g/mol. The molecule has 10 nitrogen and oxygen atoms in total. The highest BCUT2D eigenvalue weighted by molar-refractivity contribution is 6.30. The fourth-order valence-corrected chi connectivity index (χ4v) is 2.61. The van der Waals surface area contributed by atoms with Gasteiger partial charge in [0.2, 0.25) is 0 Å². The molecule has 0 aromatic heterocycles. The van der Waals surface area contributed by atoms with Gasteiger partial charge in [0.05, 0.1) is 11.5 Å². The molecule has 164 valence electrons. The van der Waals surface area contributed by atoms with Crippen molar-refractivity contribution in [3.8, 4) is 5.75 Å². The number of esters is 1. The summed E-state index contributed by atoms with van der Waals surface area (Å²) in [5, 5.41) is 11.3. The van der Waals surface area contributed by atoms with Gasteiger partial charge in [-0.1, -0.05) is 17.7 Å². The molecule has 0 heterocycles. The maximum Gasteiger partial charge on any atom is 0.306 e. The van der Waals surface area contributed by atoms with E-state index < -0.39 is 29.3 Å². The number of halogens is 1. The van der Waals surface area contributed by atoms with E-state index in [-0.39, 0.29) is 24.3 Å². The smallest absolute Gasteiger partial charge is 0.306 e. The number of hydrogen-bond acceptors (Lipinski definition) is 7. The molecule has 11 heteroatoms. The van der Waals surface area contributed by atoms with Crippen molar-refractivity contribution >= 4 is 35.1 Å². The number of carbonyl (C=O) groups excluding carboxylic acids is 3. The van der Waals surface area contributed by atoms with Gasteiger partial charge in [-0.2, -0.15) is 0 Å². The van der Waals surface area contributed by atoms with Gasteiger partial charge in [0.1, 0.15) is 5.75 Å². The van der Waals surface area contributed by atoms with Gasteiger partial charge in [-0.25, -0.2) is 0 Å². The van der Waals surface area contributed by atoms with E-state index in [2.05, 4.69) is 10.9 Å². The highest BCUT2D eigenvalue weighted by atomic mass is 35.5. The third-order valence-electron chi connectivity index (χ3n) is 3.92. The van der Waals surface area contributed by atoms with Gasteiger partial charge >= 0.3 is 5.97 Å². The quantitative estimate of drug-likeness (QED) is 0.260. The molecule has 31 heavy (non-hydrogen) atoms. The third-order valence-corrected chi connectivity index (χ3v) is 4.15. The van der Waals surface area contributed by atoms with Crippen molar-refractivity contribution in [2.24, 2.45) is 0 Å². The summed E-state index contributed by atoms with van der Waals surface area (Å²) in [5.74, 6) is -1.45. The summed E-state index contributed by atoms with van der Waals surface area (Å²) in [6, 6.07) is 10.2. The van der Waals surface area contributed by atoms with Crippen molar-refractivity contribution in [1.29, 1.82) is 0 Å². The largest absolute Gasteiger partial charge is 0.493 e. The van der Waals surface area contributed by atoms with Crippen LogP contribution in [-0.4, -0.2) is 35.9 Å². The van der Waals surface area contributed by atoms with Crippen LogP contribution in [0, 0.1) is 17.0 Å². The number of benzene rings is 2. The lowest BCUT2D eigenvalue weighted by Crippen LogP contribution is -2.43. The van der Waals surface area contributed by atoms with Gasteiger partial charge < -0.3 is 9.47 Å². The lowest BCUT2D eigenvalue weighted by atomic mass is 10.2. The zero-order chi connectivity index (χ0) is 22.8. The fourth-order valence-electron chi connectivity index (χ4n) is 2.39. The molecule has 0 saturated heterocycles. The average molecular weight is 450 g/mol. The molecule has 0 aliphatic carbocycles. The Hall–Kier alpha value is -3.66. The molecule has 0 aliphatic heterocycles. The summed E-state index contributed by atoms with van der Waals surface area (Å²) in [4.78, 5) is 45.4. The fraction of sp³-hybridized carbons (Fsp3) is 0.250. The van der Waals surface area contributed by atoms with E-state index >= 15 is 0 Å². The molecule has 0 aliphatic rings. The first-order valence-electron chi connectivity index (χ1n) is 9.14. The van der Waals surface area contributed by atoms with Crippen LogP contribution in [0.15, 0.2) is 42.5 Å². The average Bonchev–Trinajstić information content (AvgIpc) is 2.74. The van der Waals surface area contributed by atoms with Crippen molar-refractivity contribution < 1.29 is 28.8 Å². The minimum atomic E-state index is -0.764. The van der Waals surface area contributed by atoms with Crippen molar-refractivity contribution in [3.63, 3.8) is 0 Å². The summed E-state index contributed by atoms with van der Waals surface area (Å²) in [6.45, 7) is 1.54. The predicted octanol–water partition coefficient (Wildman–Crippen LogP) is 2.72. The van der Waals surface area contributed by atoms with Crippen LogP contribution in [0.2, 0.25) is 5.02 Å². The maximum absolute atomic E-state index is 11.9. The van der Waals surface area contributed by atoms with Gasteiger partial charge in [0, 0.05) is 29.1 Å². The van der Waals surface area contributed by atoms with E-state index in [1.807, 2.05) is 6.92 Å². The van der Waals surface area contributed by atoms with Crippen LogP contribution in [0.5, 0.6) is 5.75 Å². The van der Waals surface area contributed by atoms with Crippen LogP contribution < -0.4 is 15.6 Å². The second kappa shape index (κ2) is 11.5. The summed E-state index contributed by atoms with van der Waals surface area (Å²) in [6.07, 6.45) is 0.423. The molecule has 2 N–H and O–H groups in total. The van der Waals surface area contributed by atoms with Crippen molar-refractivity contribution in [1.82, 2.24) is 10.9 Å². The van der Waals surface area contributed by atoms with E-state index in [0.717, 1.165) is 11.6 Å². The first kappa shape index (κ1) is 23.6. The molecule has 0 atom stereocenters. The van der Waals surface area contributed by atoms with Crippen LogP contribution in [0.1, 0.15) is 28.8 Å². The number of hydrogen-bond donors (Lipinski definition) is 2. The van der Waals surface area contributed by atoms with Crippen LogP contribution in [-0.2, 0) is 14.3 Å². The zero-order valence-electron chi connectivity index (χ0n) is 16.6. The predicted molar refractivity (Wildman–Crippen MR) is 111 cm³/mol. The van der Waals surface area contributed by atoms with E-state index in [9.17, 15) is 24.5 Å². The number of nitro benzene ring substituents is 1. The number of carbonyl (C=O) groups is 3. The third kappa shape index (κ3) is 7.94. The lowest BCUT2D eigenvalue weighted by molar-refractivity contribution is -0.384. The van der Waals surface area contributed by atoms with Gasteiger partial charge in [-0.15, -0.1) is 0 Å². The Bertz CT molecular complexity index is 981. The molecule has 2 rings (SSSR count). The Balaban J connectivity index is 1.64. The molecule has 2 amide bonds. The standard InChI is InChI=1S/C20H20ClN3O7/c1-13-10-15(21)7-8-17(13)30-9-3-6-19(26)31-12-18(25)22-23-20(27)14-4-2-5-16(11-14)24(28)29/h2,4-5,7-8,10-11H,3,6,9,12H2,1H3,(H,22,25)(H,23,27). The molecule has 0 saturated carbocycles. The van der Waals surface area contributed by atoms with Crippen LogP contribution in [0.4, 0.5) is 5.69 Å². The molecular formula is C20H20ClN3O7. The van der Waals surface area contributed by atoms with Gasteiger partial charge in [0.25, 0.3) is 17.5 Å². The van der Waals surface area contributed by atoms with Gasteiger partial charge in [-0.3, -0.25) is 35.3 Å². The number of hydrazine groups is 1. The summed E-state index contributed by atoms with van der Waals surface area (Å²) in [5.41, 5.74) is 4.75. The van der Waals surface area contributed by atoms with E-state index in [4.69, 9.17) is 21.1 Å². The second-order valence-corrected chi connectivity index (χ2v) is 6.77. The second-order valence-electron chi connectivity index (χ2n) is 6.33. The number of rotatable bonds is 9. The van der Waals surface area contributed by atoms with Crippen molar-refractivity contribution in [2.45, 2.75) is 19.8 Å². The summed E-state index contributed by atoms with van der Waals surface area (Å²) in [7, 11) is 0. The minimum absolute atomic E-state index is 0.0116. The Morgan fingerprint density at radius 2 is 1.90 bits per heavy atom. The summed E-state index contributed by atoms with van der Waals surface area (Å²) >= 11 is 5.87. The van der Waals surface area contributed by atoms with E-state index in [1.54, 1.807) is 18.2 Å². The molecule has 0 bridgehead atoms. The topological polar surface area (TPSA) is 137 Å². The van der Waals surface area contributed by atoms with Gasteiger partial charge in [-0.05, 0) is 43.2 Å². The number of ether oxygens (including phenoxy) is 2. The van der Waals surface area contributed by atoms with Crippen molar-refractivity contribution in [3.05, 3.63) is 68.7 Å². The maximum atomic E-state index is 11.9. The summed E-state index contributed by atoms with van der Waals surface area (Å²) < 4.78 is 10.4. The number of aryl methyl sites for hydroxylation is 1. The minimum Gasteiger partial charge on any atom is -0.493 e. The molecule has 0 unspecified atom stereocenters. The Morgan fingerprint density at radius 3 is 2.61 bits per heavy atom. The normalized spacial score (nSPS) is 10.1. The number of non-ortho nitro benzene ring substituents is 1. The first-order chi connectivity index (χ1) is 14.8. The molecule has 0 fully saturated rings. The molecule has 0 radical (unpaired) electrons. The first-order valence-corrected chi connectivity index (χ1v) is 9.52. The molecular weight excluding hydrogens is 430 g/mol. The molecule has 0 spiro atoms. The van der Waals surface area contributed by atoms with E-state index in [0.29, 0.717) is 17.2 Å². The molecule has 2 aromatic rings. The highest BCUT2D eigenvalue weighted by Crippen LogP contribution is 2.22. The van der Waals surface area contributed by atoms with Crippen LogP contribution in [0.25, 0.3) is 0 Å². The molecule has 2 aromatic carbocycles. The van der Waals surface area contributed by atoms with Gasteiger partial charge in [0.15, 0.2) is 6.61 Å². The van der Waals surface area contributed by atoms with Crippen molar-refractivity contribution in [2.75, 3.05) is 13.2 Å². The Labute approximate surface area is 182 Å². The number of nitrogens with one attached hydrogen (secondary N) is 2. The Morgan fingerprint density at radius 1 is 1.13 bits per heavy atom. The number of nitro groups is 1. The van der Waals surface area contributed by atoms with E-state index in [1.165, 1.54) is 18.2 Å². The van der Waals surface area contributed by atoms with Crippen LogP contribution >= 0.6 is 11.6 Å². The highest BCUT2D eigenvalue weighted by Gasteiger charge is 2.13. The number of amides is 2. The zero-order valence-corrected chi connectivity index (χ0v) is 17.3. The number of nitrogens with zero attached hydrogens (tertiary/aromatic N) is 1. The van der Waals surface area contributed by atoms with Crippen LogP contribution in [0.3, 0.4) is 0 Å².